The van der Waals surface area contributed by atoms with Crippen LogP contribution in [0, 0.1) is 5.92 Å². The molecular weight excluding hydrogens is 414 g/mol. The number of nitrogens with zero attached hydrogens (tertiary/aromatic N) is 1. The molecule has 1 atom stereocenters. The molecule has 0 aliphatic carbocycles. The fourth-order valence-corrected chi connectivity index (χ4v) is 5.02. The van der Waals surface area contributed by atoms with Gasteiger partial charge in [0.2, 0.25) is 21.8 Å². The molecule has 1 unspecified atom stereocenters. The van der Waals surface area contributed by atoms with Crippen molar-refractivity contribution in [2.75, 3.05) is 23.7 Å². The fraction of sp³-hybridized carbons (Fsp3) is 0.300. The van der Waals surface area contributed by atoms with Crippen molar-refractivity contribution >= 4 is 44.8 Å². The van der Waals surface area contributed by atoms with E-state index >= 15 is 0 Å². The van der Waals surface area contributed by atoms with Gasteiger partial charge in [-0.05, 0) is 43.2 Å². The SMILES string of the molecule is CC(=O)Nc1ccc(NC(=O)C2CCCN(S(=O)(=O)c3ccccc3)C2)c(Cl)c1. The maximum Gasteiger partial charge on any atom is 0.243 e. The van der Waals surface area contributed by atoms with E-state index in [9.17, 15) is 18.0 Å². The molecule has 0 radical (unpaired) electrons. The lowest BCUT2D eigenvalue weighted by Gasteiger charge is -2.31. The molecular formula is C20H22ClN3O4S. The number of sulfonamides is 1. The van der Waals surface area contributed by atoms with E-state index in [1.54, 1.807) is 48.5 Å². The van der Waals surface area contributed by atoms with E-state index < -0.39 is 15.9 Å². The zero-order valence-corrected chi connectivity index (χ0v) is 17.5. The predicted molar refractivity (Wildman–Crippen MR) is 112 cm³/mol. The topological polar surface area (TPSA) is 95.6 Å². The van der Waals surface area contributed by atoms with E-state index in [2.05, 4.69) is 10.6 Å². The molecule has 1 saturated heterocycles. The summed E-state index contributed by atoms with van der Waals surface area (Å²) in [4.78, 5) is 24.1. The molecule has 2 aromatic carbocycles. The van der Waals surface area contributed by atoms with Gasteiger partial charge in [-0.1, -0.05) is 29.8 Å². The Hall–Kier alpha value is -2.42. The summed E-state index contributed by atoms with van der Waals surface area (Å²) in [7, 11) is -3.64. The van der Waals surface area contributed by atoms with Crippen molar-refractivity contribution in [3.63, 3.8) is 0 Å². The van der Waals surface area contributed by atoms with Crippen LogP contribution >= 0.6 is 11.6 Å². The maximum absolute atomic E-state index is 12.8. The van der Waals surface area contributed by atoms with Crippen LogP contribution in [0.3, 0.4) is 0 Å². The number of carbonyl (C=O) groups is 2. The van der Waals surface area contributed by atoms with Crippen LogP contribution in [0.1, 0.15) is 19.8 Å². The Bertz CT molecular complexity index is 1010. The van der Waals surface area contributed by atoms with Crippen molar-refractivity contribution in [2.24, 2.45) is 5.92 Å². The number of amides is 2. The molecule has 3 rings (SSSR count). The molecule has 9 heteroatoms. The lowest BCUT2D eigenvalue weighted by atomic mass is 9.98. The molecule has 2 N–H and O–H groups in total. The van der Waals surface area contributed by atoms with E-state index in [1.165, 1.54) is 11.2 Å². The highest BCUT2D eigenvalue weighted by Crippen LogP contribution is 2.28. The molecule has 1 aliphatic heterocycles. The minimum Gasteiger partial charge on any atom is -0.326 e. The standard InChI is InChI=1S/C20H22ClN3O4S/c1-14(25)22-16-9-10-19(18(21)12-16)23-20(26)15-6-5-11-24(13-15)29(27,28)17-7-3-2-4-8-17/h2-4,7-10,12,15H,5-6,11,13H2,1H3,(H,22,25)(H,23,26). The van der Waals surface area contributed by atoms with Gasteiger partial charge in [0.05, 0.1) is 21.5 Å². The first kappa shape index (κ1) is 21.3. The zero-order valence-electron chi connectivity index (χ0n) is 15.9. The van der Waals surface area contributed by atoms with Gasteiger partial charge in [0.25, 0.3) is 0 Å². The van der Waals surface area contributed by atoms with Crippen LogP contribution in [0.15, 0.2) is 53.4 Å². The minimum absolute atomic E-state index is 0.116. The van der Waals surface area contributed by atoms with Gasteiger partial charge in [-0.25, -0.2) is 8.42 Å². The molecule has 1 heterocycles. The van der Waals surface area contributed by atoms with Gasteiger partial charge in [-0.3, -0.25) is 9.59 Å². The summed E-state index contributed by atoms with van der Waals surface area (Å²) in [6.45, 7) is 1.89. The molecule has 29 heavy (non-hydrogen) atoms. The third-order valence-corrected chi connectivity index (χ3v) is 6.88. The lowest BCUT2D eigenvalue weighted by Crippen LogP contribution is -2.43. The van der Waals surface area contributed by atoms with Gasteiger partial charge >= 0.3 is 0 Å². The van der Waals surface area contributed by atoms with E-state index in [0.29, 0.717) is 30.8 Å². The Morgan fingerprint density at radius 1 is 1.10 bits per heavy atom. The Labute approximate surface area is 175 Å². The van der Waals surface area contributed by atoms with Gasteiger partial charge in [-0.15, -0.1) is 0 Å². The largest absolute Gasteiger partial charge is 0.326 e. The Morgan fingerprint density at radius 3 is 2.48 bits per heavy atom. The summed E-state index contributed by atoms with van der Waals surface area (Å²) >= 11 is 6.20. The van der Waals surface area contributed by atoms with Crippen molar-refractivity contribution in [1.29, 1.82) is 0 Å². The second-order valence-electron chi connectivity index (χ2n) is 6.88. The van der Waals surface area contributed by atoms with Gasteiger partial charge in [0, 0.05) is 25.7 Å². The summed E-state index contributed by atoms with van der Waals surface area (Å²) in [5, 5.41) is 5.67. The number of benzene rings is 2. The van der Waals surface area contributed by atoms with Crippen molar-refractivity contribution < 1.29 is 18.0 Å². The number of hydrogen-bond acceptors (Lipinski definition) is 4. The van der Waals surface area contributed by atoms with Crippen LogP contribution < -0.4 is 10.6 Å². The van der Waals surface area contributed by atoms with Crippen LogP contribution in [0.4, 0.5) is 11.4 Å². The zero-order chi connectivity index (χ0) is 21.0. The number of rotatable bonds is 5. The number of nitrogens with one attached hydrogen (secondary N) is 2. The van der Waals surface area contributed by atoms with Crippen LogP contribution in [0.5, 0.6) is 0 Å². The van der Waals surface area contributed by atoms with Crippen LogP contribution in [0.2, 0.25) is 5.02 Å². The molecule has 0 aromatic heterocycles. The van der Waals surface area contributed by atoms with Crippen LogP contribution in [-0.4, -0.2) is 37.6 Å². The lowest BCUT2D eigenvalue weighted by molar-refractivity contribution is -0.121. The van der Waals surface area contributed by atoms with Crippen LogP contribution in [0.25, 0.3) is 0 Å². The molecule has 2 aromatic rings. The number of halogens is 1. The maximum atomic E-state index is 12.8. The number of piperidine rings is 1. The van der Waals surface area contributed by atoms with Crippen molar-refractivity contribution in [3.8, 4) is 0 Å². The molecule has 0 bridgehead atoms. The highest BCUT2D eigenvalue weighted by atomic mass is 35.5. The van der Waals surface area contributed by atoms with Gasteiger partial charge in [0.1, 0.15) is 0 Å². The predicted octanol–water partition coefficient (Wildman–Crippen LogP) is 3.34. The molecule has 0 saturated carbocycles. The Morgan fingerprint density at radius 2 is 1.83 bits per heavy atom. The average molecular weight is 436 g/mol. The summed E-state index contributed by atoms with van der Waals surface area (Å²) in [6, 6.07) is 13.0. The summed E-state index contributed by atoms with van der Waals surface area (Å²) in [5.74, 6) is -0.986. The van der Waals surface area contributed by atoms with Crippen molar-refractivity contribution in [1.82, 2.24) is 4.31 Å². The van der Waals surface area contributed by atoms with E-state index in [-0.39, 0.29) is 28.3 Å². The quantitative estimate of drug-likeness (QED) is 0.752. The first-order chi connectivity index (χ1) is 13.8. The number of anilines is 2. The minimum atomic E-state index is -3.64. The van der Waals surface area contributed by atoms with E-state index in [1.807, 2.05) is 0 Å². The number of carbonyl (C=O) groups excluding carboxylic acids is 2. The molecule has 1 aliphatic rings. The Balaban J connectivity index is 1.69. The van der Waals surface area contributed by atoms with Crippen molar-refractivity contribution in [3.05, 3.63) is 53.6 Å². The third-order valence-electron chi connectivity index (χ3n) is 4.68. The molecule has 1 fully saturated rings. The monoisotopic (exact) mass is 435 g/mol. The molecule has 2 amide bonds. The molecule has 154 valence electrons. The van der Waals surface area contributed by atoms with Gasteiger partial charge in [0.15, 0.2) is 0 Å². The van der Waals surface area contributed by atoms with Gasteiger partial charge in [-0.2, -0.15) is 4.31 Å². The summed E-state index contributed by atoms with van der Waals surface area (Å²) in [5.41, 5.74) is 0.937. The number of hydrogen-bond donors (Lipinski definition) is 2. The van der Waals surface area contributed by atoms with E-state index in [0.717, 1.165) is 0 Å². The fourth-order valence-electron chi connectivity index (χ4n) is 3.25. The summed E-state index contributed by atoms with van der Waals surface area (Å²) < 4.78 is 27.0. The van der Waals surface area contributed by atoms with E-state index in [4.69, 9.17) is 11.6 Å². The second kappa shape index (κ2) is 8.94. The molecule has 7 nitrogen and oxygen atoms in total. The third kappa shape index (κ3) is 5.14. The average Bonchev–Trinajstić information content (AvgIpc) is 2.70. The first-order valence-corrected chi connectivity index (χ1v) is 11.0. The normalized spacial score (nSPS) is 17.5. The van der Waals surface area contributed by atoms with Crippen molar-refractivity contribution in [2.45, 2.75) is 24.7 Å². The second-order valence-corrected chi connectivity index (χ2v) is 9.23. The van der Waals surface area contributed by atoms with Crippen LogP contribution in [-0.2, 0) is 19.6 Å². The smallest absolute Gasteiger partial charge is 0.243 e. The highest BCUT2D eigenvalue weighted by Gasteiger charge is 2.33. The Kier molecular flexibility index (Phi) is 6.56. The van der Waals surface area contributed by atoms with Gasteiger partial charge < -0.3 is 10.6 Å². The molecule has 0 spiro atoms. The first-order valence-electron chi connectivity index (χ1n) is 9.20. The highest BCUT2D eigenvalue weighted by molar-refractivity contribution is 7.89. The summed E-state index contributed by atoms with van der Waals surface area (Å²) in [6.07, 6.45) is 1.19.